The van der Waals surface area contributed by atoms with Crippen LogP contribution in [0.5, 0.6) is 0 Å². The Kier molecular flexibility index (Phi) is 4.95. The van der Waals surface area contributed by atoms with Crippen LogP contribution in [0.15, 0.2) is 54.9 Å². The Labute approximate surface area is 151 Å². The van der Waals surface area contributed by atoms with Gasteiger partial charge in [-0.2, -0.15) is 0 Å². The van der Waals surface area contributed by atoms with Gasteiger partial charge >= 0.3 is 0 Å². The second kappa shape index (κ2) is 7.32. The van der Waals surface area contributed by atoms with Gasteiger partial charge in [-0.05, 0) is 49.2 Å². The van der Waals surface area contributed by atoms with Crippen molar-refractivity contribution in [2.75, 3.05) is 10.6 Å². The van der Waals surface area contributed by atoms with Crippen molar-refractivity contribution in [1.29, 1.82) is 0 Å². The highest BCUT2D eigenvalue weighted by molar-refractivity contribution is 6.30. The van der Waals surface area contributed by atoms with Crippen LogP contribution in [0.2, 0.25) is 5.02 Å². The first kappa shape index (κ1) is 16.9. The monoisotopic (exact) mass is 352 g/mol. The summed E-state index contributed by atoms with van der Waals surface area (Å²) in [5.41, 5.74) is 3.98. The molecule has 0 radical (unpaired) electrons. The first-order valence-electron chi connectivity index (χ1n) is 7.75. The summed E-state index contributed by atoms with van der Waals surface area (Å²) in [6.07, 6.45) is 1.35. The van der Waals surface area contributed by atoms with Crippen molar-refractivity contribution in [3.63, 3.8) is 0 Å². The van der Waals surface area contributed by atoms with E-state index in [1.807, 2.05) is 44.2 Å². The largest absolute Gasteiger partial charge is 0.340 e. The minimum Gasteiger partial charge on any atom is -0.340 e. The number of anilines is 3. The molecule has 5 nitrogen and oxygen atoms in total. The van der Waals surface area contributed by atoms with E-state index in [4.69, 9.17) is 11.6 Å². The molecule has 1 heterocycles. The number of aromatic nitrogens is 2. The molecule has 126 valence electrons. The van der Waals surface area contributed by atoms with Crippen LogP contribution in [0.25, 0.3) is 0 Å². The quantitative estimate of drug-likeness (QED) is 0.711. The number of halogens is 1. The van der Waals surface area contributed by atoms with E-state index in [0.29, 0.717) is 10.8 Å². The summed E-state index contributed by atoms with van der Waals surface area (Å²) in [4.78, 5) is 20.7. The molecular formula is C19H17ClN4O. The predicted octanol–water partition coefficient (Wildman–Crippen LogP) is 4.74. The molecule has 0 bridgehead atoms. The maximum Gasteiger partial charge on any atom is 0.274 e. The molecule has 0 saturated carbocycles. The molecule has 0 spiro atoms. The number of rotatable bonds is 4. The lowest BCUT2D eigenvalue weighted by atomic mass is 10.1. The Balaban J connectivity index is 1.78. The molecule has 1 aromatic heterocycles. The van der Waals surface area contributed by atoms with Crippen LogP contribution in [0.1, 0.15) is 21.6 Å². The maximum absolute atomic E-state index is 12.5. The minimum absolute atomic E-state index is 0.278. The molecule has 0 aliphatic heterocycles. The Morgan fingerprint density at radius 2 is 1.84 bits per heavy atom. The normalized spacial score (nSPS) is 10.4. The van der Waals surface area contributed by atoms with Gasteiger partial charge in [0.2, 0.25) is 0 Å². The van der Waals surface area contributed by atoms with Crippen molar-refractivity contribution in [2.45, 2.75) is 13.8 Å². The average Bonchev–Trinajstić information content (AvgIpc) is 2.59. The van der Waals surface area contributed by atoms with Gasteiger partial charge in [0.05, 0.1) is 0 Å². The first-order chi connectivity index (χ1) is 12.0. The Morgan fingerprint density at radius 3 is 2.64 bits per heavy atom. The summed E-state index contributed by atoms with van der Waals surface area (Å²) in [6.45, 7) is 3.97. The molecule has 0 saturated heterocycles. The molecule has 0 fully saturated rings. The highest BCUT2D eigenvalue weighted by atomic mass is 35.5. The molecule has 1 amide bonds. The van der Waals surface area contributed by atoms with Crippen molar-refractivity contribution in [3.8, 4) is 0 Å². The van der Waals surface area contributed by atoms with Crippen molar-refractivity contribution >= 4 is 34.7 Å². The molecule has 3 aromatic rings. The van der Waals surface area contributed by atoms with Crippen LogP contribution in [-0.4, -0.2) is 15.9 Å². The fourth-order valence-electron chi connectivity index (χ4n) is 2.34. The van der Waals surface area contributed by atoms with Gasteiger partial charge < -0.3 is 10.6 Å². The van der Waals surface area contributed by atoms with E-state index in [9.17, 15) is 4.79 Å². The minimum atomic E-state index is -0.287. The molecular weight excluding hydrogens is 336 g/mol. The SMILES string of the molecule is Cc1cccc(NC(=O)c2cc(Nc3cccc(Cl)c3)ncn2)c1C. The van der Waals surface area contributed by atoms with Crippen LogP contribution < -0.4 is 10.6 Å². The fourth-order valence-corrected chi connectivity index (χ4v) is 2.53. The lowest BCUT2D eigenvalue weighted by Crippen LogP contribution is -2.15. The average molecular weight is 353 g/mol. The van der Waals surface area contributed by atoms with Gasteiger partial charge in [0.1, 0.15) is 17.8 Å². The molecule has 0 aliphatic rings. The zero-order valence-corrected chi connectivity index (χ0v) is 14.6. The molecule has 6 heteroatoms. The number of carbonyl (C=O) groups is 1. The lowest BCUT2D eigenvalue weighted by Gasteiger charge is -2.11. The van der Waals surface area contributed by atoms with Gasteiger partial charge in [0, 0.05) is 22.5 Å². The summed E-state index contributed by atoms with van der Waals surface area (Å²) in [5.74, 6) is 0.230. The van der Waals surface area contributed by atoms with Gasteiger partial charge in [0.15, 0.2) is 0 Å². The highest BCUT2D eigenvalue weighted by Gasteiger charge is 2.11. The Bertz CT molecular complexity index is 927. The number of nitrogens with one attached hydrogen (secondary N) is 2. The van der Waals surface area contributed by atoms with E-state index in [-0.39, 0.29) is 11.6 Å². The Hall–Kier alpha value is -2.92. The number of hydrogen-bond donors (Lipinski definition) is 2. The van der Waals surface area contributed by atoms with Crippen molar-refractivity contribution in [1.82, 2.24) is 9.97 Å². The second-order valence-electron chi connectivity index (χ2n) is 5.63. The van der Waals surface area contributed by atoms with Crippen molar-refractivity contribution in [2.24, 2.45) is 0 Å². The van der Waals surface area contributed by atoms with E-state index < -0.39 is 0 Å². The molecule has 25 heavy (non-hydrogen) atoms. The topological polar surface area (TPSA) is 66.9 Å². The second-order valence-corrected chi connectivity index (χ2v) is 6.06. The van der Waals surface area contributed by atoms with Gasteiger partial charge in [-0.3, -0.25) is 4.79 Å². The van der Waals surface area contributed by atoms with Crippen LogP contribution in [0, 0.1) is 13.8 Å². The van der Waals surface area contributed by atoms with Gasteiger partial charge in [-0.1, -0.05) is 29.8 Å². The summed E-state index contributed by atoms with van der Waals surface area (Å²) in [7, 11) is 0. The van der Waals surface area contributed by atoms with Gasteiger partial charge in [0.25, 0.3) is 5.91 Å². The van der Waals surface area contributed by atoms with E-state index >= 15 is 0 Å². The maximum atomic E-state index is 12.5. The number of carbonyl (C=O) groups excluding carboxylic acids is 1. The van der Waals surface area contributed by atoms with Crippen LogP contribution in [0.3, 0.4) is 0 Å². The lowest BCUT2D eigenvalue weighted by molar-refractivity contribution is 0.102. The fraction of sp³-hybridized carbons (Fsp3) is 0.105. The number of benzene rings is 2. The third kappa shape index (κ3) is 4.14. The third-order valence-electron chi connectivity index (χ3n) is 3.85. The zero-order valence-electron chi connectivity index (χ0n) is 13.9. The molecule has 0 unspecified atom stereocenters. The zero-order chi connectivity index (χ0) is 17.8. The smallest absolute Gasteiger partial charge is 0.274 e. The van der Waals surface area contributed by atoms with E-state index in [1.165, 1.54) is 6.33 Å². The van der Waals surface area contributed by atoms with Crippen LogP contribution >= 0.6 is 11.6 Å². The number of amides is 1. The molecule has 2 aromatic carbocycles. The van der Waals surface area contributed by atoms with E-state index in [2.05, 4.69) is 20.6 Å². The van der Waals surface area contributed by atoms with Gasteiger partial charge in [-0.25, -0.2) is 9.97 Å². The molecule has 2 N–H and O–H groups in total. The predicted molar refractivity (Wildman–Crippen MR) is 101 cm³/mol. The molecule has 0 atom stereocenters. The van der Waals surface area contributed by atoms with E-state index in [0.717, 1.165) is 22.5 Å². The van der Waals surface area contributed by atoms with Crippen molar-refractivity contribution in [3.05, 3.63) is 76.7 Å². The number of hydrogen-bond acceptors (Lipinski definition) is 4. The summed E-state index contributed by atoms with van der Waals surface area (Å²) in [5, 5.41) is 6.62. The Morgan fingerprint density at radius 1 is 1.04 bits per heavy atom. The standard InChI is InChI=1S/C19H17ClN4O/c1-12-5-3-8-16(13(12)2)24-19(25)17-10-18(22-11-21-17)23-15-7-4-6-14(20)9-15/h3-11H,1-2H3,(H,24,25)(H,21,22,23). The highest BCUT2D eigenvalue weighted by Crippen LogP contribution is 2.21. The molecule has 0 aliphatic carbocycles. The number of nitrogens with zero attached hydrogens (tertiary/aromatic N) is 2. The first-order valence-corrected chi connectivity index (χ1v) is 8.13. The van der Waals surface area contributed by atoms with E-state index in [1.54, 1.807) is 18.2 Å². The summed E-state index contributed by atoms with van der Waals surface area (Å²) in [6, 6.07) is 14.6. The molecule has 3 rings (SSSR count). The van der Waals surface area contributed by atoms with Crippen molar-refractivity contribution < 1.29 is 4.79 Å². The summed E-state index contributed by atoms with van der Waals surface area (Å²) < 4.78 is 0. The van der Waals surface area contributed by atoms with Crippen LogP contribution in [0.4, 0.5) is 17.2 Å². The summed E-state index contributed by atoms with van der Waals surface area (Å²) >= 11 is 5.97. The number of aryl methyl sites for hydroxylation is 1. The third-order valence-corrected chi connectivity index (χ3v) is 4.08. The van der Waals surface area contributed by atoms with Gasteiger partial charge in [-0.15, -0.1) is 0 Å². The van der Waals surface area contributed by atoms with Crippen LogP contribution in [-0.2, 0) is 0 Å².